The van der Waals surface area contributed by atoms with Crippen molar-refractivity contribution in [3.05, 3.63) is 82.7 Å². The minimum atomic E-state index is -0.546. The first kappa shape index (κ1) is 15.2. The van der Waals surface area contributed by atoms with Crippen molar-refractivity contribution in [3.63, 3.8) is 0 Å². The zero-order valence-electron chi connectivity index (χ0n) is 14.0. The third-order valence-corrected chi connectivity index (χ3v) is 4.33. The summed E-state index contributed by atoms with van der Waals surface area (Å²) in [6.07, 6.45) is 1.94. The van der Waals surface area contributed by atoms with Gasteiger partial charge in [-0.15, -0.1) is 0 Å². The lowest BCUT2D eigenvalue weighted by Gasteiger charge is -2.30. The lowest BCUT2D eigenvalue weighted by atomic mass is 9.91. The van der Waals surface area contributed by atoms with Crippen molar-refractivity contribution in [2.24, 2.45) is 0 Å². The van der Waals surface area contributed by atoms with Gasteiger partial charge in [-0.25, -0.2) is 0 Å². The molecule has 0 atom stereocenters. The third kappa shape index (κ3) is 2.50. The molecule has 2 heterocycles. The highest BCUT2D eigenvalue weighted by Crippen LogP contribution is 2.39. The summed E-state index contributed by atoms with van der Waals surface area (Å²) in [5.41, 5.74) is 2.69. The summed E-state index contributed by atoms with van der Waals surface area (Å²) in [6, 6.07) is 18.7. The average Bonchev–Trinajstić information content (AvgIpc) is 2.61. The maximum Gasteiger partial charge on any atom is 0.224 e. The second kappa shape index (κ2) is 5.35. The number of pyridine rings is 1. The highest BCUT2D eigenvalue weighted by atomic mass is 16.5. The average molecular weight is 328 g/mol. The Kier molecular flexibility index (Phi) is 3.26. The van der Waals surface area contributed by atoms with E-state index in [0.717, 1.165) is 21.3 Å². The molecule has 0 radical (unpaired) electrons. The molecule has 2 aromatic carbocycles. The van der Waals surface area contributed by atoms with Gasteiger partial charge < -0.3 is 9.94 Å². The van der Waals surface area contributed by atoms with Crippen LogP contribution in [0.4, 0.5) is 0 Å². The van der Waals surface area contributed by atoms with Gasteiger partial charge in [0.1, 0.15) is 11.4 Å². The van der Waals surface area contributed by atoms with E-state index in [-0.39, 0.29) is 0 Å². The number of nitrogens with zero attached hydrogens (tertiary/aromatic N) is 2. The molecule has 122 valence electrons. The summed E-state index contributed by atoms with van der Waals surface area (Å²) in [5.74, 6) is 0.676. The van der Waals surface area contributed by atoms with Gasteiger partial charge in [0, 0.05) is 23.1 Å². The van der Waals surface area contributed by atoms with Gasteiger partial charge >= 0.3 is 0 Å². The Bertz CT molecular complexity index is 1070. The highest BCUT2D eigenvalue weighted by Gasteiger charge is 2.31. The SMILES string of the molecule is CC1(C)C=C(c2ccc3ccccc3[n+]2[O-])c2cc(C#N)ccc2O1. The van der Waals surface area contributed by atoms with Crippen molar-refractivity contribution >= 4 is 16.5 Å². The summed E-state index contributed by atoms with van der Waals surface area (Å²) in [7, 11) is 0. The normalized spacial score (nSPS) is 15.0. The van der Waals surface area contributed by atoms with Crippen LogP contribution in [0.1, 0.15) is 30.7 Å². The number of fused-ring (bicyclic) bond motifs is 2. The van der Waals surface area contributed by atoms with E-state index in [4.69, 9.17) is 4.74 Å². The molecular formula is C21H16N2O2. The van der Waals surface area contributed by atoms with Gasteiger partial charge in [-0.1, -0.05) is 12.1 Å². The van der Waals surface area contributed by atoms with Crippen LogP contribution in [-0.4, -0.2) is 5.60 Å². The van der Waals surface area contributed by atoms with Gasteiger partial charge in [0.2, 0.25) is 11.2 Å². The number of rotatable bonds is 1. The number of hydrogen-bond acceptors (Lipinski definition) is 3. The Balaban J connectivity index is 2.00. The van der Waals surface area contributed by atoms with Crippen LogP contribution >= 0.6 is 0 Å². The van der Waals surface area contributed by atoms with E-state index >= 15 is 0 Å². The lowest BCUT2D eigenvalue weighted by molar-refractivity contribution is -0.579. The number of aromatic nitrogens is 1. The molecular weight excluding hydrogens is 312 g/mol. The smallest absolute Gasteiger partial charge is 0.224 e. The second-order valence-electron chi connectivity index (χ2n) is 6.66. The minimum Gasteiger partial charge on any atom is -0.618 e. The van der Waals surface area contributed by atoms with Gasteiger partial charge in [-0.05, 0) is 50.3 Å². The molecule has 0 saturated carbocycles. The molecule has 0 bridgehead atoms. The monoisotopic (exact) mass is 328 g/mol. The van der Waals surface area contributed by atoms with Crippen molar-refractivity contribution in [3.8, 4) is 11.8 Å². The number of para-hydroxylation sites is 1. The first-order valence-electron chi connectivity index (χ1n) is 8.07. The number of nitriles is 1. The van der Waals surface area contributed by atoms with Crippen LogP contribution < -0.4 is 9.47 Å². The van der Waals surface area contributed by atoms with Gasteiger partial charge in [-0.3, -0.25) is 0 Å². The van der Waals surface area contributed by atoms with Crippen molar-refractivity contribution in [2.75, 3.05) is 0 Å². The van der Waals surface area contributed by atoms with Crippen LogP contribution in [0.2, 0.25) is 0 Å². The fourth-order valence-electron chi connectivity index (χ4n) is 3.23. The Labute approximate surface area is 145 Å². The molecule has 25 heavy (non-hydrogen) atoms. The fraction of sp³-hybridized carbons (Fsp3) is 0.143. The Morgan fingerprint density at radius 1 is 1.08 bits per heavy atom. The van der Waals surface area contributed by atoms with Crippen LogP contribution in [0.5, 0.6) is 5.75 Å². The summed E-state index contributed by atoms with van der Waals surface area (Å²) >= 11 is 0. The maximum absolute atomic E-state index is 13.0. The summed E-state index contributed by atoms with van der Waals surface area (Å²) in [5, 5.41) is 23.1. The summed E-state index contributed by atoms with van der Waals surface area (Å²) in [6.45, 7) is 3.90. The predicted molar refractivity (Wildman–Crippen MR) is 95.9 cm³/mol. The molecule has 1 aliphatic heterocycles. The highest BCUT2D eigenvalue weighted by molar-refractivity contribution is 5.85. The maximum atomic E-state index is 13.0. The predicted octanol–water partition coefficient (Wildman–Crippen LogP) is 3.95. The minimum absolute atomic E-state index is 0.534. The van der Waals surface area contributed by atoms with Crippen LogP contribution in [0.15, 0.2) is 60.7 Å². The van der Waals surface area contributed by atoms with E-state index in [2.05, 4.69) is 6.07 Å². The fourth-order valence-corrected chi connectivity index (χ4v) is 3.23. The van der Waals surface area contributed by atoms with E-state index in [1.165, 1.54) is 0 Å². The van der Waals surface area contributed by atoms with Crippen LogP contribution in [0.3, 0.4) is 0 Å². The topological polar surface area (TPSA) is 60.0 Å². The Morgan fingerprint density at radius 2 is 1.88 bits per heavy atom. The van der Waals surface area contributed by atoms with Crippen molar-refractivity contribution in [1.82, 2.24) is 0 Å². The van der Waals surface area contributed by atoms with Crippen molar-refractivity contribution in [1.29, 1.82) is 5.26 Å². The first-order chi connectivity index (χ1) is 12.0. The quantitative estimate of drug-likeness (QED) is 0.502. The Hall–Kier alpha value is -3.32. The van der Waals surface area contributed by atoms with Crippen LogP contribution in [0, 0.1) is 16.5 Å². The number of ether oxygens (including phenoxy) is 1. The Morgan fingerprint density at radius 3 is 2.68 bits per heavy atom. The lowest BCUT2D eigenvalue weighted by Crippen LogP contribution is -2.35. The second-order valence-corrected chi connectivity index (χ2v) is 6.66. The molecule has 1 aromatic heterocycles. The molecule has 0 fully saturated rings. The van der Waals surface area contributed by atoms with Gasteiger partial charge in [-0.2, -0.15) is 9.99 Å². The van der Waals surface area contributed by atoms with E-state index in [0.29, 0.717) is 22.5 Å². The van der Waals surface area contributed by atoms with Crippen LogP contribution in [-0.2, 0) is 0 Å². The number of benzene rings is 2. The standard InChI is InChI=1S/C21H16N2O2/c1-21(2)12-17(16-11-14(13-22)7-10-20(16)25-21)19-9-8-15-5-3-4-6-18(15)23(19)24/h3-12H,1-2H3. The summed E-state index contributed by atoms with van der Waals surface area (Å²) in [4.78, 5) is 0. The van der Waals surface area contributed by atoms with E-state index in [1.54, 1.807) is 18.2 Å². The molecule has 0 saturated heterocycles. The largest absolute Gasteiger partial charge is 0.618 e. The van der Waals surface area contributed by atoms with Crippen molar-refractivity contribution < 1.29 is 9.47 Å². The molecule has 0 unspecified atom stereocenters. The molecule has 0 N–H and O–H groups in total. The molecule has 4 nitrogen and oxygen atoms in total. The van der Waals surface area contributed by atoms with Crippen LogP contribution in [0.25, 0.3) is 16.5 Å². The van der Waals surface area contributed by atoms with E-state index in [1.807, 2.05) is 56.3 Å². The summed E-state index contributed by atoms with van der Waals surface area (Å²) < 4.78 is 6.95. The third-order valence-electron chi connectivity index (χ3n) is 4.33. The molecule has 3 aromatic rings. The number of hydrogen-bond donors (Lipinski definition) is 0. The van der Waals surface area contributed by atoms with Gasteiger partial charge in [0.25, 0.3) is 0 Å². The zero-order valence-corrected chi connectivity index (χ0v) is 14.0. The first-order valence-corrected chi connectivity index (χ1v) is 8.07. The molecule has 0 amide bonds. The van der Waals surface area contributed by atoms with E-state index in [9.17, 15) is 10.5 Å². The molecule has 0 spiro atoms. The molecule has 4 heteroatoms. The van der Waals surface area contributed by atoms with Gasteiger partial charge in [0.15, 0.2) is 0 Å². The van der Waals surface area contributed by atoms with Gasteiger partial charge in [0.05, 0.1) is 17.2 Å². The molecule has 0 aliphatic carbocycles. The zero-order chi connectivity index (χ0) is 17.6. The van der Waals surface area contributed by atoms with Crippen molar-refractivity contribution in [2.45, 2.75) is 19.4 Å². The van der Waals surface area contributed by atoms with E-state index < -0.39 is 5.60 Å². The molecule has 4 rings (SSSR count). The molecule has 1 aliphatic rings.